The summed E-state index contributed by atoms with van der Waals surface area (Å²) in [6.07, 6.45) is 0. The first-order chi connectivity index (χ1) is 10.2. The van der Waals surface area contributed by atoms with E-state index in [0.29, 0.717) is 23.4 Å². The molecule has 0 aliphatic heterocycles. The van der Waals surface area contributed by atoms with Gasteiger partial charge < -0.3 is 10.1 Å². The molecule has 0 unspecified atom stereocenters. The Balaban J connectivity index is 2.01. The number of ether oxygens (including phenoxy) is 1. The van der Waals surface area contributed by atoms with E-state index in [1.54, 1.807) is 4.52 Å². The average Bonchev–Trinajstić information content (AvgIpc) is 2.84. The van der Waals surface area contributed by atoms with E-state index >= 15 is 0 Å². The molecular weight excluding hydrogens is 290 g/mol. The number of aromatic nitrogens is 4. The molecule has 0 spiro atoms. The van der Waals surface area contributed by atoms with Crippen molar-refractivity contribution in [3.8, 4) is 6.01 Å². The normalized spacial score (nSPS) is 10.8. The van der Waals surface area contributed by atoms with E-state index in [1.165, 1.54) is 0 Å². The van der Waals surface area contributed by atoms with Crippen LogP contribution in [0.4, 0.5) is 11.5 Å². The van der Waals surface area contributed by atoms with Gasteiger partial charge >= 0.3 is 6.01 Å². The quantitative estimate of drug-likeness (QED) is 0.801. The maximum absolute atomic E-state index is 5.89. The van der Waals surface area contributed by atoms with Crippen LogP contribution >= 0.6 is 11.6 Å². The van der Waals surface area contributed by atoms with E-state index in [1.807, 2.05) is 44.2 Å². The zero-order valence-electron chi connectivity index (χ0n) is 11.7. The van der Waals surface area contributed by atoms with E-state index in [-0.39, 0.29) is 0 Å². The van der Waals surface area contributed by atoms with Crippen LogP contribution in [0.1, 0.15) is 12.6 Å². The fourth-order valence-corrected chi connectivity index (χ4v) is 2.05. The van der Waals surface area contributed by atoms with Gasteiger partial charge in [0.1, 0.15) is 5.82 Å². The molecule has 0 aliphatic carbocycles. The summed E-state index contributed by atoms with van der Waals surface area (Å²) in [7, 11) is 0. The zero-order valence-corrected chi connectivity index (χ0v) is 12.4. The molecule has 2 aromatic heterocycles. The summed E-state index contributed by atoms with van der Waals surface area (Å²) in [6.45, 7) is 4.30. The largest absolute Gasteiger partial charge is 0.463 e. The molecule has 0 fully saturated rings. The van der Waals surface area contributed by atoms with Crippen LogP contribution in [-0.4, -0.2) is 26.2 Å². The molecule has 0 aliphatic rings. The van der Waals surface area contributed by atoms with Crippen LogP contribution < -0.4 is 10.1 Å². The van der Waals surface area contributed by atoms with E-state index in [9.17, 15) is 0 Å². The lowest BCUT2D eigenvalue weighted by molar-refractivity contribution is 0.313. The fourth-order valence-electron chi connectivity index (χ4n) is 1.93. The molecule has 0 amide bonds. The summed E-state index contributed by atoms with van der Waals surface area (Å²) in [5.41, 5.74) is 1.74. The fraction of sp³-hybridized carbons (Fsp3) is 0.214. The molecule has 3 rings (SSSR count). The first-order valence-corrected chi connectivity index (χ1v) is 6.93. The van der Waals surface area contributed by atoms with Crippen LogP contribution in [0.15, 0.2) is 30.3 Å². The highest BCUT2D eigenvalue weighted by molar-refractivity contribution is 6.30. The van der Waals surface area contributed by atoms with Crippen molar-refractivity contribution in [3.63, 3.8) is 0 Å². The first-order valence-electron chi connectivity index (χ1n) is 6.55. The highest BCUT2D eigenvalue weighted by Crippen LogP contribution is 2.20. The third-order valence-corrected chi connectivity index (χ3v) is 3.06. The Labute approximate surface area is 126 Å². The van der Waals surface area contributed by atoms with Crippen molar-refractivity contribution >= 4 is 28.9 Å². The van der Waals surface area contributed by atoms with Gasteiger partial charge in [0.2, 0.25) is 0 Å². The number of nitrogens with one attached hydrogen (secondary N) is 1. The molecule has 108 valence electrons. The number of nitrogens with zero attached hydrogens (tertiary/aromatic N) is 4. The van der Waals surface area contributed by atoms with Gasteiger partial charge in [0.25, 0.3) is 5.78 Å². The molecule has 0 saturated heterocycles. The second-order valence-corrected chi connectivity index (χ2v) is 4.89. The summed E-state index contributed by atoms with van der Waals surface area (Å²) >= 11 is 5.89. The minimum absolute atomic E-state index is 0.315. The Morgan fingerprint density at radius 1 is 1.24 bits per heavy atom. The van der Waals surface area contributed by atoms with Crippen LogP contribution in [0.2, 0.25) is 5.02 Å². The van der Waals surface area contributed by atoms with Crippen molar-refractivity contribution in [3.05, 3.63) is 41.0 Å². The van der Waals surface area contributed by atoms with Crippen molar-refractivity contribution < 1.29 is 4.74 Å². The van der Waals surface area contributed by atoms with E-state index in [0.717, 1.165) is 17.2 Å². The number of hydrogen-bond donors (Lipinski definition) is 1. The zero-order chi connectivity index (χ0) is 14.8. The van der Waals surface area contributed by atoms with Gasteiger partial charge in [-0.3, -0.25) is 0 Å². The minimum Gasteiger partial charge on any atom is -0.463 e. The van der Waals surface area contributed by atoms with Crippen molar-refractivity contribution in [2.24, 2.45) is 0 Å². The summed E-state index contributed by atoms with van der Waals surface area (Å²) in [5, 5.41) is 8.26. The number of rotatable bonds is 4. The molecule has 3 aromatic rings. The Hall–Kier alpha value is -2.34. The summed E-state index contributed by atoms with van der Waals surface area (Å²) < 4.78 is 6.94. The monoisotopic (exact) mass is 303 g/mol. The Bertz CT molecular complexity index is 769. The molecule has 2 heterocycles. The highest BCUT2D eigenvalue weighted by Gasteiger charge is 2.10. The highest BCUT2D eigenvalue weighted by atomic mass is 35.5. The summed E-state index contributed by atoms with van der Waals surface area (Å²) in [5.74, 6) is 1.26. The molecule has 6 nitrogen and oxygen atoms in total. The minimum atomic E-state index is 0.315. The maximum Gasteiger partial charge on any atom is 0.337 e. The average molecular weight is 304 g/mol. The van der Waals surface area contributed by atoms with Crippen molar-refractivity contribution in [2.45, 2.75) is 13.8 Å². The van der Waals surface area contributed by atoms with Crippen molar-refractivity contribution in [1.29, 1.82) is 0 Å². The molecule has 0 atom stereocenters. The lowest BCUT2D eigenvalue weighted by Gasteiger charge is -2.08. The molecule has 1 N–H and O–H groups in total. The van der Waals surface area contributed by atoms with Gasteiger partial charge in [-0.15, -0.1) is 5.10 Å². The smallest absolute Gasteiger partial charge is 0.337 e. The van der Waals surface area contributed by atoms with Gasteiger partial charge in [-0.05, 0) is 38.1 Å². The van der Waals surface area contributed by atoms with Gasteiger partial charge in [-0.2, -0.15) is 9.50 Å². The second-order valence-electron chi connectivity index (χ2n) is 4.45. The number of halogens is 1. The Morgan fingerprint density at radius 2 is 2.00 bits per heavy atom. The summed E-state index contributed by atoms with van der Waals surface area (Å²) in [6, 6.07) is 9.64. The third kappa shape index (κ3) is 2.90. The van der Waals surface area contributed by atoms with Crippen LogP contribution in [0.3, 0.4) is 0 Å². The Morgan fingerprint density at radius 3 is 2.71 bits per heavy atom. The van der Waals surface area contributed by atoms with Crippen LogP contribution in [0, 0.1) is 6.92 Å². The summed E-state index contributed by atoms with van der Waals surface area (Å²) in [4.78, 5) is 8.58. The topological polar surface area (TPSA) is 64.3 Å². The van der Waals surface area contributed by atoms with Crippen LogP contribution in [0.5, 0.6) is 6.01 Å². The van der Waals surface area contributed by atoms with Crippen molar-refractivity contribution in [2.75, 3.05) is 11.9 Å². The van der Waals surface area contributed by atoms with Crippen LogP contribution in [0.25, 0.3) is 5.78 Å². The predicted molar refractivity (Wildman–Crippen MR) is 81.4 cm³/mol. The molecule has 0 bridgehead atoms. The van der Waals surface area contributed by atoms with E-state index < -0.39 is 0 Å². The Kier molecular flexibility index (Phi) is 3.62. The van der Waals surface area contributed by atoms with Crippen molar-refractivity contribution in [1.82, 2.24) is 19.6 Å². The van der Waals surface area contributed by atoms with E-state index in [2.05, 4.69) is 20.4 Å². The number of anilines is 2. The SMILES string of the molecule is CCOc1nc2nc(C)cc(Nc3ccc(Cl)cc3)n2n1. The van der Waals surface area contributed by atoms with Gasteiger partial charge in [-0.25, -0.2) is 4.98 Å². The van der Waals surface area contributed by atoms with E-state index in [4.69, 9.17) is 16.3 Å². The standard InChI is InChI=1S/C14H14ClN5O/c1-3-21-14-18-13-16-9(2)8-12(20(13)19-14)17-11-6-4-10(15)5-7-11/h4-8,17H,3H2,1-2H3. The second kappa shape index (κ2) is 5.57. The molecule has 7 heteroatoms. The molecule has 21 heavy (non-hydrogen) atoms. The van der Waals surface area contributed by atoms with Gasteiger partial charge in [0.15, 0.2) is 0 Å². The number of aryl methyl sites for hydroxylation is 1. The maximum atomic E-state index is 5.89. The molecule has 1 aromatic carbocycles. The predicted octanol–water partition coefficient (Wildman–Crippen LogP) is 3.23. The first kappa shape index (κ1) is 13.6. The number of fused-ring (bicyclic) bond motifs is 1. The lowest BCUT2D eigenvalue weighted by Crippen LogP contribution is -2.02. The number of hydrogen-bond acceptors (Lipinski definition) is 5. The van der Waals surface area contributed by atoms with Gasteiger partial charge in [0, 0.05) is 22.5 Å². The van der Waals surface area contributed by atoms with Crippen LogP contribution in [-0.2, 0) is 0 Å². The molecular formula is C14H14ClN5O. The molecule has 0 radical (unpaired) electrons. The van der Waals surface area contributed by atoms with Gasteiger partial charge in [-0.1, -0.05) is 11.6 Å². The number of benzene rings is 1. The third-order valence-electron chi connectivity index (χ3n) is 2.81. The van der Waals surface area contributed by atoms with Gasteiger partial charge in [0.05, 0.1) is 6.61 Å². The molecule has 0 saturated carbocycles. The lowest BCUT2D eigenvalue weighted by atomic mass is 10.3.